The summed E-state index contributed by atoms with van der Waals surface area (Å²) in [6.45, 7) is -0.149. The Morgan fingerprint density at radius 1 is 1.05 bits per heavy atom. The van der Waals surface area contributed by atoms with E-state index in [4.69, 9.17) is 5.73 Å². The molecule has 2 rings (SSSR count). The van der Waals surface area contributed by atoms with Crippen molar-refractivity contribution in [2.45, 2.75) is 0 Å². The predicted octanol–water partition coefficient (Wildman–Crippen LogP) is 2.09. The van der Waals surface area contributed by atoms with Gasteiger partial charge in [0, 0.05) is 16.9 Å². The molecule has 0 heterocycles. The van der Waals surface area contributed by atoms with Crippen molar-refractivity contribution in [1.82, 2.24) is 0 Å². The first-order chi connectivity index (χ1) is 10.1. The molecule has 0 radical (unpaired) electrons. The molecule has 21 heavy (non-hydrogen) atoms. The van der Waals surface area contributed by atoms with Gasteiger partial charge in [-0.15, -0.1) is 0 Å². The summed E-state index contributed by atoms with van der Waals surface area (Å²) in [5.74, 6) is -0.769. The van der Waals surface area contributed by atoms with Gasteiger partial charge < -0.3 is 10.5 Å². The number of para-hydroxylation sites is 1. The van der Waals surface area contributed by atoms with Crippen LogP contribution >= 0.6 is 0 Å². The van der Waals surface area contributed by atoms with Gasteiger partial charge in [0.05, 0.1) is 7.11 Å². The Balaban J connectivity index is 2.32. The van der Waals surface area contributed by atoms with Gasteiger partial charge in [0.25, 0.3) is 5.91 Å². The van der Waals surface area contributed by atoms with Crippen LogP contribution in [0.5, 0.6) is 0 Å². The SMILES string of the molecule is COC(=O)CN(C(=O)c1ccc(N)cc1)c1ccccc1. The topological polar surface area (TPSA) is 72.6 Å². The number of hydrogen-bond acceptors (Lipinski definition) is 4. The lowest BCUT2D eigenvalue weighted by atomic mass is 10.1. The number of hydrogen-bond donors (Lipinski definition) is 1. The smallest absolute Gasteiger partial charge is 0.325 e. The van der Waals surface area contributed by atoms with Crippen LogP contribution in [0.3, 0.4) is 0 Å². The Morgan fingerprint density at radius 3 is 2.24 bits per heavy atom. The van der Waals surface area contributed by atoms with E-state index in [1.165, 1.54) is 12.0 Å². The van der Waals surface area contributed by atoms with E-state index in [0.717, 1.165) is 0 Å². The first kappa shape index (κ1) is 14.6. The van der Waals surface area contributed by atoms with Crippen LogP contribution in [0, 0.1) is 0 Å². The van der Waals surface area contributed by atoms with Gasteiger partial charge in [-0.05, 0) is 36.4 Å². The Labute approximate surface area is 122 Å². The third-order valence-corrected chi connectivity index (χ3v) is 2.99. The number of carbonyl (C=O) groups excluding carboxylic acids is 2. The van der Waals surface area contributed by atoms with Crippen LogP contribution in [0.2, 0.25) is 0 Å². The number of benzene rings is 2. The molecule has 0 unspecified atom stereocenters. The fourth-order valence-corrected chi connectivity index (χ4v) is 1.86. The third-order valence-electron chi connectivity index (χ3n) is 2.99. The lowest BCUT2D eigenvalue weighted by molar-refractivity contribution is -0.138. The molecule has 108 valence electrons. The van der Waals surface area contributed by atoms with E-state index < -0.39 is 5.97 Å². The Kier molecular flexibility index (Phi) is 4.56. The molecule has 0 aromatic heterocycles. The summed E-state index contributed by atoms with van der Waals surface area (Å²) in [4.78, 5) is 25.5. The van der Waals surface area contributed by atoms with Crippen LogP contribution in [-0.4, -0.2) is 25.5 Å². The molecule has 0 aliphatic heterocycles. The van der Waals surface area contributed by atoms with Gasteiger partial charge >= 0.3 is 5.97 Å². The summed E-state index contributed by atoms with van der Waals surface area (Å²) >= 11 is 0. The minimum Gasteiger partial charge on any atom is -0.468 e. The van der Waals surface area contributed by atoms with Gasteiger partial charge in [0.15, 0.2) is 0 Å². The van der Waals surface area contributed by atoms with Gasteiger partial charge in [0.2, 0.25) is 0 Å². The molecule has 2 aromatic rings. The van der Waals surface area contributed by atoms with Crippen LogP contribution in [-0.2, 0) is 9.53 Å². The van der Waals surface area contributed by atoms with Crippen LogP contribution < -0.4 is 10.6 Å². The first-order valence-electron chi connectivity index (χ1n) is 6.41. The number of ether oxygens (including phenoxy) is 1. The van der Waals surface area contributed by atoms with Crippen LogP contribution in [0.4, 0.5) is 11.4 Å². The standard InChI is InChI=1S/C16H16N2O3/c1-21-15(19)11-18(14-5-3-2-4-6-14)16(20)12-7-9-13(17)10-8-12/h2-10H,11,17H2,1H3. The molecule has 0 saturated heterocycles. The van der Waals surface area contributed by atoms with E-state index in [1.54, 1.807) is 48.5 Å². The van der Waals surface area contributed by atoms with E-state index in [-0.39, 0.29) is 12.5 Å². The van der Waals surface area contributed by atoms with E-state index >= 15 is 0 Å². The lowest BCUT2D eigenvalue weighted by Crippen LogP contribution is -2.36. The summed E-state index contributed by atoms with van der Waals surface area (Å²) in [5, 5.41) is 0. The highest BCUT2D eigenvalue weighted by molar-refractivity contribution is 6.08. The van der Waals surface area contributed by atoms with Crippen LogP contribution in [0.1, 0.15) is 10.4 Å². The zero-order chi connectivity index (χ0) is 15.2. The van der Waals surface area contributed by atoms with Gasteiger partial charge in [-0.25, -0.2) is 0 Å². The molecule has 0 spiro atoms. The Hall–Kier alpha value is -2.82. The maximum Gasteiger partial charge on any atom is 0.325 e. The summed E-state index contributed by atoms with van der Waals surface area (Å²) in [6.07, 6.45) is 0. The van der Waals surface area contributed by atoms with Crippen molar-refractivity contribution in [3.63, 3.8) is 0 Å². The number of carbonyl (C=O) groups is 2. The predicted molar refractivity (Wildman–Crippen MR) is 81.0 cm³/mol. The molecule has 2 N–H and O–H groups in total. The molecular formula is C16H16N2O3. The van der Waals surface area contributed by atoms with Crippen molar-refractivity contribution in [3.05, 3.63) is 60.2 Å². The fraction of sp³-hybridized carbons (Fsp3) is 0.125. The van der Waals surface area contributed by atoms with Gasteiger partial charge in [-0.2, -0.15) is 0 Å². The summed E-state index contributed by atoms with van der Waals surface area (Å²) in [5.41, 5.74) is 7.28. The zero-order valence-electron chi connectivity index (χ0n) is 11.7. The number of esters is 1. The monoisotopic (exact) mass is 284 g/mol. The first-order valence-corrected chi connectivity index (χ1v) is 6.41. The van der Waals surface area contributed by atoms with Gasteiger partial charge in [0.1, 0.15) is 6.54 Å². The highest BCUT2D eigenvalue weighted by atomic mass is 16.5. The number of nitrogens with zero attached hydrogens (tertiary/aromatic N) is 1. The molecular weight excluding hydrogens is 268 g/mol. The molecule has 5 heteroatoms. The van der Waals surface area contributed by atoms with Crippen molar-refractivity contribution in [1.29, 1.82) is 0 Å². The van der Waals surface area contributed by atoms with Crippen molar-refractivity contribution < 1.29 is 14.3 Å². The summed E-state index contributed by atoms with van der Waals surface area (Å²) < 4.78 is 4.65. The number of rotatable bonds is 4. The fourth-order valence-electron chi connectivity index (χ4n) is 1.86. The van der Waals surface area contributed by atoms with Crippen molar-refractivity contribution in [2.75, 3.05) is 24.3 Å². The molecule has 0 aliphatic rings. The average Bonchev–Trinajstić information content (AvgIpc) is 2.53. The van der Waals surface area contributed by atoms with E-state index in [9.17, 15) is 9.59 Å². The molecule has 0 atom stereocenters. The van der Waals surface area contributed by atoms with Crippen molar-refractivity contribution in [3.8, 4) is 0 Å². The normalized spacial score (nSPS) is 9.95. The largest absolute Gasteiger partial charge is 0.468 e. The lowest BCUT2D eigenvalue weighted by Gasteiger charge is -2.21. The minimum atomic E-state index is -0.484. The number of nitrogens with two attached hydrogens (primary N) is 1. The highest BCUT2D eigenvalue weighted by Crippen LogP contribution is 2.17. The van der Waals surface area contributed by atoms with E-state index in [2.05, 4.69) is 4.74 Å². The quantitative estimate of drug-likeness (QED) is 0.689. The number of amides is 1. The highest BCUT2D eigenvalue weighted by Gasteiger charge is 2.20. The average molecular weight is 284 g/mol. The second kappa shape index (κ2) is 6.56. The third kappa shape index (κ3) is 3.60. The van der Waals surface area contributed by atoms with Crippen molar-refractivity contribution in [2.24, 2.45) is 0 Å². The molecule has 2 aromatic carbocycles. The zero-order valence-corrected chi connectivity index (χ0v) is 11.7. The molecule has 0 saturated carbocycles. The summed E-state index contributed by atoms with van der Waals surface area (Å²) in [6, 6.07) is 15.5. The maximum absolute atomic E-state index is 12.6. The summed E-state index contributed by atoms with van der Waals surface area (Å²) in [7, 11) is 1.29. The van der Waals surface area contributed by atoms with Crippen LogP contribution in [0.15, 0.2) is 54.6 Å². The second-order valence-electron chi connectivity index (χ2n) is 4.42. The molecule has 1 amide bonds. The van der Waals surface area contributed by atoms with E-state index in [1.807, 2.05) is 6.07 Å². The number of nitrogen functional groups attached to an aromatic ring is 1. The maximum atomic E-state index is 12.6. The van der Waals surface area contributed by atoms with E-state index in [0.29, 0.717) is 16.9 Å². The molecule has 5 nitrogen and oxygen atoms in total. The number of methoxy groups -OCH3 is 1. The molecule has 0 aliphatic carbocycles. The number of anilines is 2. The molecule has 0 fully saturated rings. The Morgan fingerprint density at radius 2 is 1.67 bits per heavy atom. The van der Waals surface area contributed by atoms with Gasteiger partial charge in [-0.1, -0.05) is 18.2 Å². The van der Waals surface area contributed by atoms with Crippen LogP contribution in [0.25, 0.3) is 0 Å². The van der Waals surface area contributed by atoms with Gasteiger partial charge in [-0.3, -0.25) is 14.5 Å². The molecule has 0 bridgehead atoms. The Bertz CT molecular complexity index is 624. The second-order valence-corrected chi connectivity index (χ2v) is 4.42. The van der Waals surface area contributed by atoms with Crippen molar-refractivity contribution >= 4 is 23.3 Å². The minimum absolute atomic E-state index is 0.149.